The molecule has 1 rings (SSSR count). The Morgan fingerprint density at radius 2 is 1.53 bits per heavy atom. The summed E-state index contributed by atoms with van der Waals surface area (Å²) in [7, 11) is 0.890. The molecule has 96 valence electrons. The Balaban J connectivity index is 3.63. The van der Waals surface area contributed by atoms with Gasteiger partial charge in [0, 0.05) is 3.57 Å². The minimum absolute atomic E-state index is 0.0137. The SMILES string of the molecule is COc1cc(I)cc(C(F)(F)F)c1C(F)(F)F. The highest BCUT2D eigenvalue weighted by molar-refractivity contribution is 14.1. The first-order valence-electron chi connectivity index (χ1n) is 4.09. The Bertz CT molecular complexity index is 423. The molecule has 0 bridgehead atoms. The molecule has 8 heteroatoms. The van der Waals surface area contributed by atoms with Crippen molar-refractivity contribution in [2.45, 2.75) is 12.4 Å². The Hall–Kier alpha value is -0.670. The number of hydrogen-bond acceptors (Lipinski definition) is 1. The molecular formula is C9H5F6IO. The predicted molar refractivity (Wildman–Crippen MR) is 55.7 cm³/mol. The average Bonchev–Trinajstić information content (AvgIpc) is 2.12. The quantitative estimate of drug-likeness (QED) is 0.528. The molecule has 0 aromatic heterocycles. The van der Waals surface area contributed by atoms with Gasteiger partial charge in [-0.2, -0.15) is 26.3 Å². The van der Waals surface area contributed by atoms with Gasteiger partial charge in [-0.25, -0.2) is 0 Å². The van der Waals surface area contributed by atoms with E-state index in [4.69, 9.17) is 0 Å². The lowest BCUT2D eigenvalue weighted by atomic mass is 10.1. The molecule has 0 saturated carbocycles. The van der Waals surface area contributed by atoms with Crippen LogP contribution in [-0.2, 0) is 12.4 Å². The van der Waals surface area contributed by atoms with Gasteiger partial charge < -0.3 is 4.74 Å². The van der Waals surface area contributed by atoms with Crippen molar-refractivity contribution in [1.82, 2.24) is 0 Å². The van der Waals surface area contributed by atoms with Crippen LogP contribution in [0.5, 0.6) is 5.75 Å². The van der Waals surface area contributed by atoms with Crippen molar-refractivity contribution < 1.29 is 31.1 Å². The van der Waals surface area contributed by atoms with Gasteiger partial charge in [0.15, 0.2) is 0 Å². The van der Waals surface area contributed by atoms with Gasteiger partial charge in [-0.1, -0.05) is 0 Å². The van der Waals surface area contributed by atoms with Crippen molar-refractivity contribution in [3.05, 3.63) is 26.8 Å². The van der Waals surface area contributed by atoms with Crippen molar-refractivity contribution in [2.75, 3.05) is 7.11 Å². The van der Waals surface area contributed by atoms with Crippen LogP contribution in [0.3, 0.4) is 0 Å². The van der Waals surface area contributed by atoms with E-state index in [0.717, 1.165) is 13.2 Å². The third-order valence-corrected chi connectivity index (χ3v) is 2.50. The van der Waals surface area contributed by atoms with Crippen LogP contribution >= 0.6 is 22.6 Å². The first kappa shape index (κ1) is 14.4. The van der Waals surface area contributed by atoms with Gasteiger partial charge in [0.1, 0.15) is 11.3 Å². The summed E-state index contributed by atoms with van der Waals surface area (Å²) in [5.41, 5.74) is -3.54. The predicted octanol–water partition coefficient (Wildman–Crippen LogP) is 4.34. The Kier molecular flexibility index (Phi) is 3.84. The largest absolute Gasteiger partial charge is 0.496 e. The van der Waals surface area contributed by atoms with Crippen LogP contribution in [0.1, 0.15) is 11.1 Å². The number of alkyl halides is 6. The van der Waals surface area contributed by atoms with E-state index in [0.29, 0.717) is 6.07 Å². The second kappa shape index (κ2) is 4.54. The molecule has 0 heterocycles. The third kappa shape index (κ3) is 3.17. The smallest absolute Gasteiger partial charge is 0.420 e. The molecule has 0 spiro atoms. The zero-order chi connectivity index (χ0) is 13.4. The van der Waals surface area contributed by atoms with Crippen LogP contribution in [0.2, 0.25) is 0 Å². The number of ether oxygens (including phenoxy) is 1. The lowest BCUT2D eigenvalue weighted by Crippen LogP contribution is -2.18. The average molecular weight is 370 g/mol. The van der Waals surface area contributed by atoms with E-state index in [9.17, 15) is 26.3 Å². The highest BCUT2D eigenvalue weighted by atomic mass is 127. The van der Waals surface area contributed by atoms with Crippen LogP contribution in [-0.4, -0.2) is 7.11 Å². The highest BCUT2D eigenvalue weighted by Crippen LogP contribution is 2.45. The number of methoxy groups -OCH3 is 1. The van der Waals surface area contributed by atoms with Gasteiger partial charge in [-0.3, -0.25) is 0 Å². The molecule has 0 aliphatic heterocycles. The monoisotopic (exact) mass is 370 g/mol. The zero-order valence-corrected chi connectivity index (χ0v) is 10.4. The lowest BCUT2D eigenvalue weighted by molar-refractivity contribution is -0.163. The van der Waals surface area contributed by atoms with Gasteiger partial charge >= 0.3 is 12.4 Å². The molecule has 0 atom stereocenters. The summed E-state index contributed by atoms with van der Waals surface area (Å²) in [5, 5.41) is 0. The van der Waals surface area contributed by atoms with Gasteiger partial charge in [0.2, 0.25) is 0 Å². The maximum atomic E-state index is 12.6. The van der Waals surface area contributed by atoms with Crippen molar-refractivity contribution in [3.8, 4) is 5.75 Å². The minimum Gasteiger partial charge on any atom is -0.496 e. The number of benzene rings is 1. The normalized spacial score (nSPS) is 12.7. The Morgan fingerprint density at radius 3 is 1.88 bits per heavy atom. The van der Waals surface area contributed by atoms with Crippen LogP contribution in [0.25, 0.3) is 0 Å². The van der Waals surface area contributed by atoms with Crippen LogP contribution < -0.4 is 4.74 Å². The molecule has 1 aromatic carbocycles. The maximum Gasteiger partial charge on any atom is 0.420 e. The molecule has 0 saturated heterocycles. The van der Waals surface area contributed by atoms with Gasteiger partial charge in [-0.05, 0) is 34.7 Å². The molecule has 0 aliphatic rings. The Morgan fingerprint density at radius 1 is 1.00 bits per heavy atom. The fraction of sp³-hybridized carbons (Fsp3) is 0.333. The Labute approximate surface area is 106 Å². The molecule has 17 heavy (non-hydrogen) atoms. The van der Waals surface area contributed by atoms with Crippen LogP contribution in [0, 0.1) is 3.57 Å². The first-order chi connectivity index (χ1) is 7.57. The minimum atomic E-state index is -5.12. The molecule has 0 amide bonds. The van der Waals surface area contributed by atoms with E-state index < -0.39 is 29.2 Å². The van der Waals surface area contributed by atoms with E-state index in [1.165, 1.54) is 22.6 Å². The molecule has 0 fully saturated rings. The molecule has 0 unspecified atom stereocenters. The fourth-order valence-corrected chi connectivity index (χ4v) is 1.85. The maximum absolute atomic E-state index is 12.6. The van der Waals surface area contributed by atoms with Crippen molar-refractivity contribution in [1.29, 1.82) is 0 Å². The van der Waals surface area contributed by atoms with Crippen LogP contribution in [0.4, 0.5) is 26.3 Å². The molecule has 1 nitrogen and oxygen atoms in total. The van der Waals surface area contributed by atoms with Gasteiger partial charge in [0.25, 0.3) is 0 Å². The zero-order valence-electron chi connectivity index (χ0n) is 8.21. The summed E-state index contributed by atoms with van der Waals surface area (Å²) in [6.45, 7) is 0. The van der Waals surface area contributed by atoms with Crippen molar-refractivity contribution >= 4 is 22.6 Å². The summed E-state index contributed by atoms with van der Waals surface area (Å²) in [5.74, 6) is -0.836. The molecule has 0 aliphatic carbocycles. The summed E-state index contributed by atoms with van der Waals surface area (Å²) in [6, 6.07) is 1.34. The summed E-state index contributed by atoms with van der Waals surface area (Å²) in [4.78, 5) is 0. The number of halogens is 7. The van der Waals surface area contributed by atoms with Gasteiger partial charge in [0.05, 0.1) is 12.7 Å². The van der Waals surface area contributed by atoms with Crippen LogP contribution in [0.15, 0.2) is 12.1 Å². The summed E-state index contributed by atoms with van der Waals surface area (Å²) >= 11 is 1.49. The van der Waals surface area contributed by atoms with E-state index in [1.54, 1.807) is 0 Å². The second-order valence-corrected chi connectivity index (χ2v) is 4.27. The number of hydrogen-bond donors (Lipinski definition) is 0. The highest BCUT2D eigenvalue weighted by Gasteiger charge is 2.45. The van der Waals surface area contributed by atoms with E-state index in [1.807, 2.05) is 0 Å². The second-order valence-electron chi connectivity index (χ2n) is 3.03. The fourth-order valence-electron chi connectivity index (χ4n) is 1.26. The third-order valence-electron chi connectivity index (χ3n) is 1.88. The van der Waals surface area contributed by atoms with E-state index in [2.05, 4.69) is 4.74 Å². The molecule has 0 N–H and O–H groups in total. The first-order valence-corrected chi connectivity index (χ1v) is 5.17. The summed E-state index contributed by atoms with van der Waals surface area (Å²) < 4.78 is 79.7. The number of rotatable bonds is 1. The van der Waals surface area contributed by atoms with Gasteiger partial charge in [-0.15, -0.1) is 0 Å². The van der Waals surface area contributed by atoms with E-state index >= 15 is 0 Å². The molecule has 0 radical (unpaired) electrons. The van der Waals surface area contributed by atoms with E-state index in [-0.39, 0.29) is 3.57 Å². The molecule has 1 aromatic rings. The topological polar surface area (TPSA) is 9.23 Å². The summed E-state index contributed by atoms with van der Waals surface area (Å²) in [6.07, 6.45) is -10.2. The van der Waals surface area contributed by atoms with Crippen molar-refractivity contribution in [2.24, 2.45) is 0 Å². The lowest BCUT2D eigenvalue weighted by Gasteiger charge is -2.18. The molecular weight excluding hydrogens is 365 g/mol. The standard InChI is InChI=1S/C9H5F6IO/c1-17-6-3-4(16)2-5(8(10,11)12)7(6)9(13,14)15/h2-3H,1H3. The van der Waals surface area contributed by atoms with Crippen molar-refractivity contribution in [3.63, 3.8) is 0 Å².